The molecular formula is C20H12ClN5OS. The number of H-pyrrole nitrogens is 2. The van der Waals surface area contributed by atoms with Crippen LogP contribution in [-0.4, -0.2) is 24.6 Å². The second kappa shape index (κ2) is 6.40. The minimum Gasteiger partial charge on any atom is -0.273 e. The summed E-state index contributed by atoms with van der Waals surface area (Å²) in [6, 6.07) is 19.0. The van der Waals surface area contributed by atoms with Crippen LogP contribution in [0.25, 0.3) is 39.2 Å². The first-order chi connectivity index (χ1) is 13.6. The second-order valence-electron chi connectivity index (χ2n) is 6.26. The van der Waals surface area contributed by atoms with E-state index in [1.807, 2.05) is 48.5 Å². The number of nitrogens with zero attached hydrogens (tertiary/aromatic N) is 3. The van der Waals surface area contributed by atoms with Crippen LogP contribution in [-0.2, 0) is 0 Å². The van der Waals surface area contributed by atoms with E-state index in [9.17, 15) is 4.79 Å². The number of aromatic amines is 2. The zero-order valence-electron chi connectivity index (χ0n) is 14.3. The molecule has 0 fully saturated rings. The summed E-state index contributed by atoms with van der Waals surface area (Å²) in [5.74, 6) is 0.322. The van der Waals surface area contributed by atoms with E-state index in [2.05, 4.69) is 20.2 Å². The highest BCUT2D eigenvalue weighted by Crippen LogP contribution is 2.30. The van der Waals surface area contributed by atoms with Crippen molar-refractivity contribution in [2.75, 3.05) is 0 Å². The first-order valence-corrected chi connectivity index (χ1v) is 9.26. The molecule has 2 N–H and O–H groups in total. The molecule has 3 aromatic heterocycles. The van der Waals surface area contributed by atoms with E-state index in [0.29, 0.717) is 21.8 Å². The lowest BCUT2D eigenvalue weighted by atomic mass is 10.0. The zero-order valence-corrected chi connectivity index (χ0v) is 15.9. The molecule has 0 saturated heterocycles. The summed E-state index contributed by atoms with van der Waals surface area (Å²) in [5, 5.41) is 6.58. The van der Waals surface area contributed by atoms with E-state index in [0.717, 1.165) is 22.4 Å². The van der Waals surface area contributed by atoms with E-state index < -0.39 is 0 Å². The number of fused-ring (bicyclic) bond motifs is 2. The predicted molar refractivity (Wildman–Crippen MR) is 112 cm³/mol. The number of nitrogens with one attached hydrogen (secondary N) is 2. The van der Waals surface area contributed by atoms with E-state index in [1.54, 1.807) is 12.1 Å². The Morgan fingerprint density at radius 3 is 2.43 bits per heavy atom. The van der Waals surface area contributed by atoms with E-state index in [4.69, 9.17) is 23.8 Å². The Labute approximate surface area is 168 Å². The minimum atomic E-state index is -0.278. The summed E-state index contributed by atoms with van der Waals surface area (Å²) in [6.07, 6.45) is 0. The standard InChI is InChI=1S/C20H12ClN5OS/c21-13-8-6-11(7-9-13)14-10-15(12-4-2-1-3-5-12)22-17-16(14)18(27)26-19(23-17)24-25-20(26)28/h1-10H,(H,25,28)(H,22,23,24). The normalized spacial score (nSPS) is 11.3. The second-order valence-corrected chi connectivity index (χ2v) is 7.08. The largest absolute Gasteiger partial charge is 0.273 e. The number of rotatable bonds is 2. The summed E-state index contributed by atoms with van der Waals surface area (Å²) in [5.41, 5.74) is 3.30. The van der Waals surface area contributed by atoms with Crippen LogP contribution in [0.5, 0.6) is 0 Å². The third kappa shape index (κ3) is 2.64. The van der Waals surface area contributed by atoms with Gasteiger partial charge in [-0.25, -0.2) is 9.38 Å². The van der Waals surface area contributed by atoms with E-state index in [1.165, 1.54) is 4.40 Å². The Bertz CT molecular complexity index is 1450. The van der Waals surface area contributed by atoms with Gasteiger partial charge in [-0.1, -0.05) is 54.1 Å². The third-order valence-corrected chi connectivity index (χ3v) is 5.09. The molecule has 0 radical (unpaired) electrons. The number of pyridine rings is 1. The fraction of sp³-hybridized carbons (Fsp3) is 0. The maximum absolute atomic E-state index is 13.2. The lowest BCUT2D eigenvalue weighted by Gasteiger charge is -2.10. The van der Waals surface area contributed by atoms with Gasteiger partial charge in [-0.3, -0.25) is 15.0 Å². The van der Waals surface area contributed by atoms with Gasteiger partial charge in [0, 0.05) is 16.1 Å². The summed E-state index contributed by atoms with van der Waals surface area (Å²) in [7, 11) is 0. The van der Waals surface area contributed by atoms with Crippen LogP contribution < -0.4 is 5.56 Å². The Morgan fingerprint density at radius 2 is 1.68 bits per heavy atom. The summed E-state index contributed by atoms with van der Waals surface area (Å²) >= 11 is 11.3. The molecule has 0 unspecified atom stereocenters. The van der Waals surface area contributed by atoms with Gasteiger partial charge in [0.15, 0.2) is 5.65 Å². The van der Waals surface area contributed by atoms with Gasteiger partial charge in [0.2, 0.25) is 10.5 Å². The molecule has 0 bridgehead atoms. The molecule has 136 valence electrons. The molecule has 3 heterocycles. The summed E-state index contributed by atoms with van der Waals surface area (Å²) in [4.78, 5) is 22.4. The first kappa shape index (κ1) is 16.9. The number of benzene rings is 2. The van der Waals surface area contributed by atoms with Gasteiger partial charge in [-0.15, -0.1) is 0 Å². The molecule has 8 heteroatoms. The highest BCUT2D eigenvalue weighted by atomic mass is 35.5. The summed E-state index contributed by atoms with van der Waals surface area (Å²) < 4.78 is 1.59. The topological polar surface area (TPSA) is 78.8 Å². The van der Waals surface area contributed by atoms with Crippen LogP contribution >= 0.6 is 23.8 Å². The van der Waals surface area contributed by atoms with Gasteiger partial charge >= 0.3 is 0 Å². The fourth-order valence-electron chi connectivity index (χ4n) is 3.23. The van der Waals surface area contributed by atoms with Crippen LogP contribution in [0.15, 0.2) is 65.5 Å². The smallest absolute Gasteiger partial charge is 0.271 e. The van der Waals surface area contributed by atoms with Crippen LogP contribution in [0, 0.1) is 4.77 Å². The number of hydrogen-bond donors (Lipinski definition) is 2. The van der Waals surface area contributed by atoms with Crippen molar-refractivity contribution in [2.45, 2.75) is 0 Å². The average Bonchev–Trinajstić information content (AvgIpc) is 3.09. The van der Waals surface area contributed by atoms with Crippen LogP contribution in [0.1, 0.15) is 0 Å². The maximum Gasteiger partial charge on any atom is 0.271 e. The quantitative estimate of drug-likeness (QED) is 0.420. The van der Waals surface area contributed by atoms with Crippen molar-refractivity contribution < 1.29 is 0 Å². The van der Waals surface area contributed by atoms with Crippen molar-refractivity contribution in [2.24, 2.45) is 0 Å². The lowest BCUT2D eigenvalue weighted by Crippen LogP contribution is -2.16. The van der Waals surface area contributed by atoms with Gasteiger partial charge in [0.25, 0.3) is 5.56 Å². The molecule has 6 nitrogen and oxygen atoms in total. The maximum atomic E-state index is 13.2. The van der Waals surface area contributed by atoms with Crippen molar-refractivity contribution >= 4 is 40.6 Å². The van der Waals surface area contributed by atoms with Crippen LogP contribution in [0.3, 0.4) is 0 Å². The molecule has 0 spiro atoms. The molecule has 0 amide bonds. The Kier molecular flexibility index (Phi) is 3.85. The van der Waals surface area contributed by atoms with Crippen molar-refractivity contribution in [3.63, 3.8) is 0 Å². The van der Waals surface area contributed by atoms with Gasteiger partial charge in [-0.05, 0) is 36.0 Å². The molecule has 5 aromatic rings. The number of aromatic nitrogens is 5. The van der Waals surface area contributed by atoms with Crippen molar-refractivity contribution in [1.29, 1.82) is 0 Å². The molecule has 0 aliphatic rings. The molecular weight excluding hydrogens is 394 g/mol. The third-order valence-electron chi connectivity index (χ3n) is 4.55. The van der Waals surface area contributed by atoms with Crippen molar-refractivity contribution in [1.82, 2.24) is 24.6 Å². The lowest BCUT2D eigenvalue weighted by molar-refractivity contribution is 1.05. The fourth-order valence-corrected chi connectivity index (χ4v) is 3.58. The average molecular weight is 406 g/mol. The first-order valence-electron chi connectivity index (χ1n) is 8.47. The van der Waals surface area contributed by atoms with Crippen LogP contribution in [0.4, 0.5) is 0 Å². The molecule has 28 heavy (non-hydrogen) atoms. The zero-order chi connectivity index (χ0) is 19.3. The Balaban J connectivity index is 1.94. The Morgan fingerprint density at radius 1 is 0.929 bits per heavy atom. The monoisotopic (exact) mass is 405 g/mol. The number of halogens is 1. The van der Waals surface area contributed by atoms with Crippen molar-refractivity contribution in [3.05, 3.63) is 80.8 Å². The Hall–Kier alpha value is -3.29. The molecule has 5 rings (SSSR count). The molecule has 0 atom stereocenters. The highest BCUT2D eigenvalue weighted by Gasteiger charge is 2.17. The van der Waals surface area contributed by atoms with Gasteiger partial charge in [0.1, 0.15) is 0 Å². The van der Waals surface area contributed by atoms with Crippen molar-refractivity contribution in [3.8, 4) is 22.4 Å². The van der Waals surface area contributed by atoms with Crippen LogP contribution in [0.2, 0.25) is 5.02 Å². The van der Waals surface area contributed by atoms with E-state index in [-0.39, 0.29) is 10.3 Å². The molecule has 2 aromatic carbocycles. The predicted octanol–water partition coefficient (Wildman–Crippen LogP) is 4.62. The minimum absolute atomic E-state index is 0.253. The summed E-state index contributed by atoms with van der Waals surface area (Å²) in [6.45, 7) is 0. The van der Waals surface area contributed by atoms with E-state index >= 15 is 0 Å². The SMILES string of the molecule is O=c1c2c(-c3ccc(Cl)cc3)cc(-c3ccccc3)nc2nc2[nH][nH]c(=S)n12. The number of hydrogen-bond acceptors (Lipinski definition) is 4. The van der Waals surface area contributed by atoms with Gasteiger partial charge in [-0.2, -0.15) is 4.98 Å². The van der Waals surface area contributed by atoms with Gasteiger partial charge in [0.05, 0.1) is 11.1 Å². The van der Waals surface area contributed by atoms with Gasteiger partial charge < -0.3 is 0 Å². The highest BCUT2D eigenvalue weighted by molar-refractivity contribution is 7.71. The molecule has 0 aliphatic carbocycles. The molecule has 0 saturated carbocycles. The molecule has 0 aliphatic heterocycles.